The van der Waals surface area contributed by atoms with E-state index in [1.807, 2.05) is 38.2 Å². The summed E-state index contributed by atoms with van der Waals surface area (Å²) in [7, 11) is 0. The number of nitrogens with two attached hydrogens (primary N) is 1. The third kappa shape index (κ3) is 3.81. The molecule has 0 radical (unpaired) electrons. The van der Waals surface area contributed by atoms with Crippen molar-refractivity contribution in [1.29, 1.82) is 0 Å². The fourth-order valence-electron chi connectivity index (χ4n) is 2.17. The smallest absolute Gasteiger partial charge is 0.138 e. The standard InChI is InChI=1S/C17H22N2O/c1-12(2)20-16-8-15(10-19-11-16)17(18)9-14-7-5-4-6-13(14)3/h4-8,10-12,17H,9,18H2,1-3H3. The van der Waals surface area contributed by atoms with Gasteiger partial charge in [-0.05, 0) is 49.9 Å². The van der Waals surface area contributed by atoms with Gasteiger partial charge in [0.05, 0.1) is 12.3 Å². The molecule has 0 fully saturated rings. The van der Waals surface area contributed by atoms with E-state index in [0.717, 1.165) is 17.7 Å². The molecule has 0 spiro atoms. The van der Waals surface area contributed by atoms with Crippen LogP contribution in [0, 0.1) is 6.92 Å². The highest BCUT2D eigenvalue weighted by Crippen LogP contribution is 2.21. The van der Waals surface area contributed by atoms with Crippen molar-refractivity contribution in [2.75, 3.05) is 0 Å². The van der Waals surface area contributed by atoms with Gasteiger partial charge in [-0.2, -0.15) is 0 Å². The van der Waals surface area contributed by atoms with Gasteiger partial charge in [-0.3, -0.25) is 4.98 Å². The Hall–Kier alpha value is -1.87. The van der Waals surface area contributed by atoms with Crippen molar-refractivity contribution in [3.8, 4) is 5.75 Å². The van der Waals surface area contributed by atoms with Gasteiger partial charge >= 0.3 is 0 Å². The second kappa shape index (κ2) is 6.53. The lowest BCUT2D eigenvalue weighted by Gasteiger charge is -2.15. The zero-order valence-corrected chi connectivity index (χ0v) is 12.3. The molecule has 2 rings (SSSR count). The van der Waals surface area contributed by atoms with Crippen LogP contribution in [0.1, 0.15) is 36.6 Å². The molecule has 1 unspecified atom stereocenters. The first-order chi connectivity index (χ1) is 9.56. The lowest BCUT2D eigenvalue weighted by molar-refractivity contribution is 0.241. The molecular formula is C17H22N2O. The number of nitrogens with zero attached hydrogens (tertiary/aromatic N) is 1. The van der Waals surface area contributed by atoms with Gasteiger partial charge in [0.2, 0.25) is 0 Å². The lowest BCUT2D eigenvalue weighted by Crippen LogP contribution is -2.15. The molecule has 3 heteroatoms. The molecule has 0 aliphatic rings. The van der Waals surface area contributed by atoms with Gasteiger partial charge in [0, 0.05) is 12.2 Å². The Balaban J connectivity index is 2.13. The van der Waals surface area contributed by atoms with E-state index in [2.05, 4.69) is 24.0 Å². The Kier molecular flexibility index (Phi) is 4.74. The summed E-state index contributed by atoms with van der Waals surface area (Å²) in [5.74, 6) is 0.776. The van der Waals surface area contributed by atoms with Gasteiger partial charge in [-0.15, -0.1) is 0 Å². The number of aromatic nitrogens is 1. The first-order valence-corrected chi connectivity index (χ1v) is 6.98. The van der Waals surface area contributed by atoms with E-state index in [9.17, 15) is 0 Å². The minimum Gasteiger partial charge on any atom is -0.489 e. The Labute approximate surface area is 120 Å². The maximum Gasteiger partial charge on any atom is 0.138 e. The average Bonchev–Trinajstić information content (AvgIpc) is 2.41. The highest BCUT2D eigenvalue weighted by Gasteiger charge is 2.10. The van der Waals surface area contributed by atoms with Crippen LogP contribution >= 0.6 is 0 Å². The molecular weight excluding hydrogens is 248 g/mol. The molecule has 20 heavy (non-hydrogen) atoms. The van der Waals surface area contributed by atoms with E-state index < -0.39 is 0 Å². The Bertz CT molecular complexity index is 566. The molecule has 0 aliphatic carbocycles. The third-order valence-corrected chi connectivity index (χ3v) is 3.24. The van der Waals surface area contributed by atoms with Crippen molar-refractivity contribution >= 4 is 0 Å². The van der Waals surface area contributed by atoms with Crippen LogP contribution in [0.15, 0.2) is 42.7 Å². The Morgan fingerprint density at radius 1 is 1.20 bits per heavy atom. The summed E-state index contributed by atoms with van der Waals surface area (Å²) >= 11 is 0. The van der Waals surface area contributed by atoms with Crippen LogP contribution in [0.25, 0.3) is 0 Å². The van der Waals surface area contributed by atoms with Crippen LogP contribution in [0.3, 0.4) is 0 Å². The summed E-state index contributed by atoms with van der Waals surface area (Å²) in [6.07, 6.45) is 4.49. The van der Waals surface area contributed by atoms with Crippen molar-refractivity contribution in [2.24, 2.45) is 5.73 Å². The third-order valence-electron chi connectivity index (χ3n) is 3.24. The summed E-state index contributed by atoms with van der Waals surface area (Å²) in [6, 6.07) is 10.2. The molecule has 0 aliphatic heterocycles. The number of rotatable bonds is 5. The summed E-state index contributed by atoms with van der Waals surface area (Å²) < 4.78 is 5.66. The van der Waals surface area contributed by atoms with Gasteiger partial charge in [0.25, 0.3) is 0 Å². The fourth-order valence-corrected chi connectivity index (χ4v) is 2.17. The molecule has 1 aromatic heterocycles. The van der Waals surface area contributed by atoms with E-state index in [1.165, 1.54) is 11.1 Å². The Morgan fingerprint density at radius 3 is 2.65 bits per heavy atom. The highest BCUT2D eigenvalue weighted by molar-refractivity contribution is 5.30. The number of hydrogen-bond donors (Lipinski definition) is 1. The number of pyridine rings is 1. The molecule has 3 nitrogen and oxygen atoms in total. The zero-order chi connectivity index (χ0) is 14.5. The van der Waals surface area contributed by atoms with Crippen LogP contribution in [-0.2, 0) is 6.42 Å². The summed E-state index contributed by atoms with van der Waals surface area (Å²) in [4.78, 5) is 4.22. The second-order valence-corrected chi connectivity index (χ2v) is 5.36. The second-order valence-electron chi connectivity index (χ2n) is 5.36. The number of aryl methyl sites for hydroxylation is 1. The van der Waals surface area contributed by atoms with Crippen molar-refractivity contribution in [2.45, 2.75) is 39.3 Å². The topological polar surface area (TPSA) is 48.1 Å². The first-order valence-electron chi connectivity index (χ1n) is 6.98. The van der Waals surface area contributed by atoms with Crippen LogP contribution in [0.2, 0.25) is 0 Å². The molecule has 0 saturated heterocycles. The van der Waals surface area contributed by atoms with Gasteiger partial charge in [0.15, 0.2) is 0 Å². The molecule has 0 amide bonds. The van der Waals surface area contributed by atoms with Crippen LogP contribution in [0.4, 0.5) is 0 Å². The van der Waals surface area contributed by atoms with Crippen molar-refractivity contribution < 1.29 is 4.74 Å². The van der Waals surface area contributed by atoms with Gasteiger partial charge in [-0.1, -0.05) is 24.3 Å². The quantitative estimate of drug-likeness (QED) is 0.905. The van der Waals surface area contributed by atoms with Gasteiger partial charge < -0.3 is 10.5 Å². The highest BCUT2D eigenvalue weighted by atomic mass is 16.5. The van der Waals surface area contributed by atoms with Crippen LogP contribution in [0.5, 0.6) is 5.75 Å². The molecule has 2 N–H and O–H groups in total. The van der Waals surface area contributed by atoms with Crippen molar-refractivity contribution in [1.82, 2.24) is 4.98 Å². The average molecular weight is 270 g/mol. The first kappa shape index (κ1) is 14.5. The van der Waals surface area contributed by atoms with Crippen molar-refractivity contribution in [3.63, 3.8) is 0 Å². The van der Waals surface area contributed by atoms with E-state index >= 15 is 0 Å². The van der Waals surface area contributed by atoms with Crippen LogP contribution < -0.4 is 10.5 Å². The number of benzene rings is 1. The fraction of sp³-hybridized carbons (Fsp3) is 0.353. The monoisotopic (exact) mass is 270 g/mol. The van der Waals surface area contributed by atoms with E-state index in [1.54, 1.807) is 6.20 Å². The summed E-state index contributed by atoms with van der Waals surface area (Å²) in [5.41, 5.74) is 9.85. The SMILES string of the molecule is Cc1ccccc1CC(N)c1cncc(OC(C)C)c1. The number of hydrogen-bond acceptors (Lipinski definition) is 3. The number of ether oxygens (including phenoxy) is 1. The van der Waals surface area contributed by atoms with Gasteiger partial charge in [0.1, 0.15) is 5.75 Å². The van der Waals surface area contributed by atoms with Gasteiger partial charge in [-0.25, -0.2) is 0 Å². The van der Waals surface area contributed by atoms with E-state index in [0.29, 0.717) is 0 Å². The van der Waals surface area contributed by atoms with E-state index in [4.69, 9.17) is 10.5 Å². The molecule has 106 valence electrons. The molecule has 1 atom stereocenters. The Morgan fingerprint density at radius 2 is 1.95 bits per heavy atom. The maximum atomic E-state index is 6.30. The van der Waals surface area contributed by atoms with E-state index in [-0.39, 0.29) is 12.1 Å². The lowest BCUT2D eigenvalue weighted by atomic mass is 9.98. The summed E-state index contributed by atoms with van der Waals surface area (Å²) in [5, 5.41) is 0. The molecule has 0 bridgehead atoms. The molecule has 0 saturated carbocycles. The minimum atomic E-state index is -0.0701. The minimum absolute atomic E-state index is 0.0701. The maximum absolute atomic E-state index is 6.30. The normalized spacial score (nSPS) is 12.4. The zero-order valence-electron chi connectivity index (χ0n) is 12.3. The largest absolute Gasteiger partial charge is 0.489 e. The molecule has 2 aromatic rings. The predicted octanol–water partition coefficient (Wildman–Crippen LogP) is 3.42. The van der Waals surface area contributed by atoms with Crippen LogP contribution in [-0.4, -0.2) is 11.1 Å². The predicted molar refractivity (Wildman–Crippen MR) is 81.8 cm³/mol. The summed E-state index contributed by atoms with van der Waals surface area (Å²) in [6.45, 7) is 6.11. The molecule has 1 aromatic carbocycles. The molecule has 1 heterocycles. The van der Waals surface area contributed by atoms with Crippen molar-refractivity contribution in [3.05, 3.63) is 59.4 Å².